The fourth-order valence-electron chi connectivity index (χ4n) is 2.60. The van der Waals surface area contributed by atoms with Crippen LogP contribution in [0.5, 0.6) is 0 Å². The summed E-state index contributed by atoms with van der Waals surface area (Å²) in [5, 5.41) is 3.35. The van der Waals surface area contributed by atoms with Crippen molar-refractivity contribution in [2.75, 3.05) is 18.4 Å². The smallest absolute Gasteiger partial charge is 0.291 e. The Morgan fingerprint density at radius 1 is 1.22 bits per heavy atom. The first-order valence-electron chi connectivity index (χ1n) is 7.42. The lowest BCUT2D eigenvalue weighted by Gasteiger charge is -2.35. The molecule has 23 heavy (non-hydrogen) atoms. The summed E-state index contributed by atoms with van der Waals surface area (Å²) < 4.78 is 10.7. The summed E-state index contributed by atoms with van der Waals surface area (Å²) in [5.74, 6) is -0.123. The summed E-state index contributed by atoms with van der Waals surface area (Å²) in [4.78, 5) is 26.9. The molecule has 0 saturated carbocycles. The minimum Gasteiger partial charge on any atom is -0.459 e. The first-order chi connectivity index (χ1) is 11.0. The normalized spacial score (nSPS) is 21.2. The van der Waals surface area contributed by atoms with Crippen molar-refractivity contribution in [3.8, 4) is 0 Å². The number of hydrogen-bond acceptors (Lipinski definition) is 5. The van der Waals surface area contributed by atoms with Crippen molar-refractivity contribution in [3.63, 3.8) is 0 Å². The first-order valence-corrected chi connectivity index (χ1v) is 8.24. The molecule has 0 bridgehead atoms. The van der Waals surface area contributed by atoms with E-state index in [0.717, 1.165) is 0 Å². The summed E-state index contributed by atoms with van der Waals surface area (Å²) in [6, 6.07) is 6.70. The van der Waals surface area contributed by atoms with Crippen LogP contribution in [0, 0.1) is 0 Å². The molecule has 0 unspecified atom stereocenters. The lowest BCUT2D eigenvalue weighted by Crippen LogP contribution is -2.48. The minimum absolute atomic E-state index is 0.0285. The number of furan rings is 1. The number of carbonyl (C=O) groups excluding carboxylic acids is 2. The monoisotopic (exact) mass is 334 g/mol. The predicted octanol–water partition coefficient (Wildman–Crippen LogP) is 2.84. The molecule has 6 nitrogen and oxygen atoms in total. The number of hydrogen-bond donors (Lipinski definition) is 1. The highest BCUT2D eigenvalue weighted by Crippen LogP contribution is 2.25. The topological polar surface area (TPSA) is 71.8 Å². The number of nitrogens with one attached hydrogen (secondary N) is 1. The maximum atomic E-state index is 12.6. The third-order valence-corrected chi connectivity index (χ3v) is 4.49. The molecule has 2 atom stereocenters. The molecule has 0 aromatic carbocycles. The van der Waals surface area contributed by atoms with Crippen LogP contribution in [-0.2, 0) is 4.74 Å². The first kappa shape index (κ1) is 15.8. The van der Waals surface area contributed by atoms with E-state index in [-0.39, 0.29) is 29.8 Å². The van der Waals surface area contributed by atoms with Gasteiger partial charge in [0, 0.05) is 13.1 Å². The zero-order chi connectivity index (χ0) is 16.4. The summed E-state index contributed by atoms with van der Waals surface area (Å²) >= 11 is 1.26. The number of ether oxygens (including phenoxy) is 1. The molecule has 2 aromatic rings. The third-order valence-electron chi connectivity index (χ3n) is 3.51. The molecule has 3 rings (SSSR count). The Morgan fingerprint density at radius 3 is 2.61 bits per heavy atom. The standard InChI is InChI=1S/C16H18N2O4S/c1-10-8-18(9-11(2)22-10)16(20)13-5-6-14(23-13)17-15(19)12-4-3-7-21-12/h3-7,10-11H,8-9H2,1-2H3,(H,17,19)/t10-,11-/m1/s1. The van der Waals surface area contributed by atoms with Crippen LogP contribution in [0.2, 0.25) is 0 Å². The molecular weight excluding hydrogens is 316 g/mol. The summed E-state index contributed by atoms with van der Waals surface area (Å²) in [7, 11) is 0. The fourth-order valence-corrected chi connectivity index (χ4v) is 3.47. The number of rotatable bonds is 3. The lowest BCUT2D eigenvalue weighted by atomic mass is 10.2. The zero-order valence-electron chi connectivity index (χ0n) is 12.9. The van der Waals surface area contributed by atoms with Crippen LogP contribution in [0.15, 0.2) is 34.9 Å². The Labute approximate surface area is 138 Å². The number of anilines is 1. The van der Waals surface area contributed by atoms with Crippen LogP contribution < -0.4 is 5.32 Å². The van der Waals surface area contributed by atoms with Crippen LogP contribution >= 0.6 is 11.3 Å². The predicted molar refractivity (Wildman–Crippen MR) is 86.9 cm³/mol. The second-order valence-corrected chi connectivity index (χ2v) is 6.65. The molecule has 0 radical (unpaired) electrons. The number of carbonyl (C=O) groups is 2. The van der Waals surface area contributed by atoms with Gasteiger partial charge in [-0.2, -0.15) is 0 Å². The van der Waals surface area contributed by atoms with Gasteiger partial charge in [0.15, 0.2) is 5.76 Å². The van der Waals surface area contributed by atoms with Gasteiger partial charge >= 0.3 is 0 Å². The molecule has 1 fully saturated rings. The van der Waals surface area contributed by atoms with E-state index in [1.807, 2.05) is 13.8 Å². The van der Waals surface area contributed by atoms with E-state index >= 15 is 0 Å². The van der Waals surface area contributed by atoms with Crippen molar-refractivity contribution in [1.82, 2.24) is 4.90 Å². The number of thiophene rings is 1. The van der Waals surface area contributed by atoms with Crippen molar-refractivity contribution in [3.05, 3.63) is 41.2 Å². The van der Waals surface area contributed by atoms with Crippen LogP contribution in [0.4, 0.5) is 5.00 Å². The van der Waals surface area contributed by atoms with Crippen molar-refractivity contribution < 1.29 is 18.7 Å². The van der Waals surface area contributed by atoms with Crippen LogP contribution in [0.1, 0.15) is 34.1 Å². The van der Waals surface area contributed by atoms with Gasteiger partial charge in [0.25, 0.3) is 11.8 Å². The molecule has 2 aromatic heterocycles. The van der Waals surface area contributed by atoms with E-state index < -0.39 is 0 Å². The second-order valence-electron chi connectivity index (χ2n) is 5.56. The second kappa shape index (κ2) is 6.55. The zero-order valence-corrected chi connectivity index (χ0v) is 13.8. The van der Waals surface area contributed by atoms with E-state index in [1.54, 1.807) is 29.2 Å². The largest absolute Gasteiger partial charge is 0.459 e. The number of amides is 2. The third kappa shape index (κ3) is 3.62. The summed E-state index contributed by atoms with van der Waals surface area (Å²) in [5.41, 5.74) is 0. The van der Waals surface area contributed by atoms with E-state index in [4.69, 9.17) is 9.15 Å². The van der Waals surface area contributed by atoms with Gasteiger partial charge in [-0.3, -0.25) is 9.59 Å². The molecule has 122 valence electrons. The van der Waals surface area contributed by atoms with E-state index in [1.165, 1.54) is 17.6 Å². The average molecular weight is 334 g/mol. The van der Waals surface area contributed by atoms with Gasteiger partial charge in [-0.1, -0.05) is 0 Å². The van der Waals surface area contributed by atoms with Gasteiger partial charge in [0.1, 0.15) is 0 Å². The number of morpholine rings is 1. The van der Waals surface area contributed by atoms with Crippen molar-refractivity contribution >= 4 is 28.2 Å². The molecule has 2 amide bonds. The molecule has 3 heterocycles. The maximum absolute atomic E-state index is 12.6. The van der Waals surface area contributed by atoms with Gasteiger partial charge in [-0.25, -0.2) is 0 Å². The highest BCUT2D eigenvalue weighted by atomic mass is 32.1. The quantitative estimate of drug-likeness (QED) is 0.937. The molecular formula is C16H18N2O4S. The minimum atomic E-state index is -0.329. The highest BCUT2D eigenvalue weighted by molar-refractivity contribution is 7.18. The van der Waals surface area contributed by atoms with E-state index in [9.17, 15) is 9.59 Å². The van der Waals surface area contributed by atoms with E-state index in [0.29, 0.717) is 23.0 Å². The Kier molecular flexibility index (Phi) is 4.49. The van der Waals surface area contributed by atoms with Crippen molar-refractivity contribution in [2.24, 2.45) is 0 Å². The van der Waals surface area contributed by atoms with Gasteiger partial charge in [-0.15, -0.1) is 11.3 Å². The molecule has 1 N–H and O–H groups in total. The summed E-state index contributed by atoms with van der Waals surface area (Å²) in [6.07, 6.45) is 1.50. The summed E-state index contributed by atoms with van der Waals surface area (Å²) in [6.45, 7) is 5.07. The van der Waals surface area contributed by atoms with Crippen LogP contribution in [-0.4, -0.2) is 42.0 Å². The molecule has 1 saturated heterocycles. The van der Waals surface area contributed by atoms with Gasteiger partial charge in [0.2, 0.25) is 0 Å². The lowest BCUT2D eigenvalue weighted by molar-refractivity contribution is -0.0585. The maximum Gasteiger partial charge on any atom is 0.291 e. The molecule has 0 aliphatic carbocycles. The Balaban J connectivity index is 1.66. The SMILES string of the molecule is C[C@@H]1CN(C(=O)c2ccc(NC(=O)c3ccco3)s2)C[C@@H](C)O1. The molecule has 0 spiro atoms. The Bertz CT molecular complexity index is 685. The van der Waals surface area contributed by atoms with Crippen LogP contribution in [0.3, 0.4) is 0 Å². The van der Waals surface area contributed by atoms with Gasteiger partial charge in [-0.05, 0) is 38.1 Å². The molecule has 1 aliphatic rings. The Morgan fingerprint density at radius 2 is 1.96 bits per heavy atom. The Hall–Kier alpha value is -2.12. The van der Waals surface area contributed by atoms with E-state index in [2.05, 4.69) is 5.32 Å². The van der Waals surface area contributed by atoms with Gasteiger partial charge in [0.05, 0.1) is 28.3 Å². The molecule has 7 heteroatoms. The highest BCUT2D eigenvalue weighted by Gasteiger charge is 2.27. The average Bonchev–Trinajstić information content (AvgIpc) is 3.16. The molecule has 1 aliphatic heterocycles. The fraction of sp³-hybridized carbons (Fsp3) is 0.375. The van der Waals surface area contributed by atoms with Gasteiger partial charge < -0.3 is 19.4 Å². The van der Waals surface area contributed by atoms with Crippen molar-refractivity contribution in [1.29, 1.82) is 0 Å². The van der Waals surface area contributed by atoms with Crippen LogP contribution in [0.25, 0.3) is 0 Å². The number of nitrogens with zero attached hydrogens (tertiary/aromatic N) is 1. The van der Waals surface area contributed by atoms with Crippen molar-refractivity contribution in [2.45, 2.75) is 26.1 Å².